The SMILES string of the molecule is N#Cc1cccc(/C=C/C(=O)O)c1O. The molecule has 0 unspecified atom stereocenters. The van der Waals surface area contributed by atoms with Gasteiger partial charge in [-0.15, -0.1) is 0 Å². The lowest BCUT2D eigenvalue weighted by Gasteiger charge is -1.99. The van der Waals surface area contributed by atoms with Gasteiger partial charge in [0.2, 0.25) is 0 Å². The quantitative estimate of drug-likeness (QED) is 0.688. The average molecular weight is 189 g/mol. The number of carbonyl (C=O) groups is 1. The molecule has 0 bridgehead atoms. The van der Waals surface area contributed by atoms with Crippen molar-refractivity contribution < 1.29 is 15.0 Å². The van der Waals surface area contributed by atoms with Crippen LogP contribution in [0.25, 0.3) is 6.08 Å². The van der Waals surface area contributed by atoms with Crippen molar-refractivity contribution in [3.05, 3.63) is 35.4 Å². The van der Waals surface area contributed by atoms with Crippen molar-refractivity contribution in [1.82, 2.24) is 0 Å². The summed E-state index contributed by atoms with van der Waals surface area (Å²) >= 11 is 0. The van der Waals surface area contributed by atoms with Crippen LogP contribution in [0.15, 0.2) is 24.3 Å². The van der Waals surface area contributed by atoms with E-state index < -0.39 is 5.97 Å². The third kappa shape index (κ3) is 2.11. The maximum Gasteiger partial charge on any atom is 0.328 e. The number of para-hydroxylation sites is 1. The standard InChI is InChI=1S/C10H7NO3/c11-6-8-3-1-2-7(10(8)14)4-5-9(12)13/h1-5,14H,(H,12,13)/b5-4+. The van der Waals surface area contributed by atoms with E-state index in [0.717, 1.165) is 6.08 Å². The van der Waals surface area contributed by atoms with E-state index in [9.17, 15) is 9.90 Å². The van der Waals surface area contributed by atoms with Crippen LogP contribution in [0.1, 0.15) is 11.1 Å². The number of aromatic hydroxyl groups is 1. The Labute approximate surface area is 80.3 Å². The third-order valence-corrected chi connectivity index (χ3v) is 1.59. The molecular weight excluding hydrogens is 182 g/mol. The Morgan fingerprint density at radius 1 is 1.50 bits per heavy atom. The van der Waals surface area contributed by atoms with Crippen molar-refractivity contribution in [2.75, 3.05) is 0 Å². The molecule has 0 saturated carbocycles. The second-order valence-corrected chi connectivity index (χ2v) is 2.53. The lowest BCUT2D eigenvalue weighted by molar-refractivity contribution is -0.131. The van der Waals surface area contributed by atoms with Gasteiger partial charge in [0.1, 0.15) is 11.8 Å². The molecule has 4 nitrogen and oxygen atoms in total. The van der Waals surface area contributed by atoms with Gasteiger partial charge in [0.25, 0.3) is 0 Å². The van der Waals surface area contributed by atoms with Crippen LogP contribution in [-0.2, 0) is 4.79 Å². The van der Waals surface area contributed by atoms with Crippen LogP contribution in [-0.4, -0.2) is 16.2 Å². The van der Waals surface area contributed by atoms with Crippen molar-refractivity contribution in [3.63, 3.8) is 0 Å². The average Bonchev–Trinajstić information content (AvgIpc) is 2.16. The summed E-state index contributed by atoms with van der Waals surface area (Å²) in [5.74, 6) is -1.31. The predicted molar refractivity (Wildman–Crippen MR) is 49.5 cm³/mol. The number of aliphatic carboxylic acids is 1. The normalized spacial score (nSPS) is 9.93. The number of benzene rings is 1. The van der Waals surface area contributed by atoms with Crippen LogP contribution >= 0.6 is 0 Å². The van der Waals surface area contributed by atoms with Crippen LogP contribution in [0.4, 0.5) is 0 Å². The summed E-state index contributed by atoms with van der Waals surface area (Å²) in [4.78, 5) is 10.2. The van der Waals surface area contributed by atoms with Gasteiger partial charge in [0, 0.05) is 11.6 Å². The molecule has 0 heterocycles. The summed E-state index contributed by atoms with van der Waals surface area (Å²) in [7, 11) is 0. The second-order valence-electron chi connectivity index (χ2n) is 2.53. The Hall–Kier alpha value is -2.28. The minimum atomic E-state index is -1.10. The predicted octanol–water partition coefficient (Wildman–Crippen LogP) is 1.36. The molecular formula is C10H7NO3. The maximum absolute atomic E-state index is 10.2. The van der Waals surface area contributed by atoms with E-state index in [4.69, 9.17) is 10.4 Å². The lowest BCUT2D eigenvalue weighted by atomic mass is 10.1. The van der Waals surface area contributed by atoms with Crippen molar-refractivity contribution in [1.29, 1.82) is 5.26 Å². The third-order valence-electron chi connectivity index (χ3n) is 1.59. The Morgan fingerprint density at radius 2 is 2.21 bits per heavy atom. The number of carboxylic acid groups (broad SMARTS) is 1. The number of hydrogen-bond acceptors (Lipinski definition) is 3. The zero-order chi connectivity index (χ0) is 10.6. The number of hydrogen-bond donors (Lipinski definition) is 2. The Bertz CT molecular complexity index is 429. The topological polar surface area (TPSA) is 81.3 Å². The van der Waals surface area contributed by atoms with Gasteiger partial charge in [0.05, 0.1) is 5.56 Å². The van der Waals surface area contributed by atoms with Gasteiger partial charge in [-0.1, -0.05) is 12.1 Å². The highest BCUT2D eigenvalue weighted by molar-refractivity contribution is 5.86. The molecule has 1 aromatic rings. The van der Waals surface area contributed by atoms with Crippen LogP contribution < -0.4 is 0 Å². The zero-order valence-corrected chi connectivity index (χ0v) is 7.14. The molecule has 0 spiro atoms. The largest absolute Gasteiger partial charge is 0.506 e. The number of carboxylic acids is 1. The summed E-state index contributed by atoms with van der Waals surface area (Å²) in [6, 6.07) is 6.34. The molecule has 0 aliphatic heterocycles. The molecule has 2 N–H and O–H groups in total. The van der Waals surface area contributed by atoms with Crippen molar-refractivity contribution in [2.45, 2.75) is 0 Å². The summed E-state index contributed by atoms with van der Waals surface area (Å²) in [6.45, 7) is 0. The van der Waals surface area contributed by atoms with Gasteiger partial charge >= 0.3 is 5.97 Å². The van der Waals surface area contributed by atoms with E-state index in [1.165, 1.54) is 18.2 Å². The van der Waals surface area contributed by atoms with Crippen molar-refractivity contribution in [2.24, 2.45) is 0 Å². The summed E-state index contributed by atoms with van der Waals surface area (Å²) < 4.78 is 0. The van der Waals surface area contributed by atoms with Crippen LogP contribution in [0, 0.1) is 11.3 Å². The minimum absolute atomic E-state index is 0.123. The molecule has 14 heavy (non-hydrogen) atoms. The highest BCUT2D eigenvalue weighted by Gasteiger charge is 2.03. The van der Waals surface area contributed by atoms with Crippen LogP contribution in [0.3, 0.4) is 0 Å². The van der Waals surface area contributed by atoms with Gasteiger partial charge in [-0.3, -0.25) is 0 Å². The first-order valence-electron chi connectivity index (χ1n) is 3.78. The lowest BCUT2D eigenvalue weighted by Crippen LogP contribution is -1.86. The molecule has 0 atom stereocenters. The molecule has 4 heteroatoms. The maximum atomic E-state index is 10.2. The number of nitriles is 1. The first-order chi connectivity index (χ1) is 6.65. The highest BCUT2D eigenvalue weighted by atomic mass is 16.4. The Balaban J connectivity index is 3.12. The number of phenolic OH excluding ortho intramolecular Hbond substituents is 1. The fraction of sp³-hybridized carbons (Fsp3) is 0. The van der Waals surface area contributed by atoms with E-state index in [0.29, 0.717) is 5.56 Å². The molecule has 0 fully saturated rings. The van der Waals surface area contributed by atoms with Gasteiger partial charge in [-0.05, 0) is 12.1 Å². The Morgan fingerprint density at radius 3 is 2.79 bits per heavy atom. The summed E-state index contributed by atoms with van der Waals surface area (Å²) in [5, 5.41) is 26.4. The summed E-state index contributed by atoms with van der Waals surface area (Å²) in [6.07, 6.45) is 2.13. The van der Waals surface area contributed by atoms with E-state index in [1.807, 2.05) is 0 Å². The fourth-order valence-electron chi connectivity index (χ4n) is 0.947. The molecule has 70 valence electrons. The van der Waals surface area contributed by atoms with Gasteiger partial charge in [-0.25, -0.2) is 4.79 Å². The van der Waals surface area contributed by atoms with Crippen LogP contribution in [0.5, 0.6) is 5.75 Å². The number of rotatable bonds is 2. The molecule has 0 aliphatic rings. The minimum Gasteiger partial charge on any atom is -0.506 e. The first kappa shape index (κ1) is 9.81. The van der Waals surface area contributed by atoms with Gasteiger partial charge in [0.15, 0.2) is 0 Å². The molecule has 1 aromatic carbocycles. The highest BCUT2D eigenvalue weighted by Crippen LogP contribution is 2.22. The number of nitrogens with zero attached hydrogens (tertiary/aromatic N) is 1. The van der Waals surface area contributed by atoms with E-state index in [2.05, 4.69) is 0 Å². The molecule has 0 amide bonds. The zero-order valence-electron chi connectivity index (χ0n) is 7.14. The summed E-state index contributed by atoms with van der Waals surface area (Å²) in [5.41, 5.74) is 0.434. The van der Waals surface area contributed by atoms with Gasteiger partial charge < -0.3 is 10.2 Å². The monoisotopic (exact) mass is 189 g/mol. The molecule has 0 radical (unpaired) electrons. The molecule has 0 aromatic heterocycles. The first-order valence-corrected chi connectivity index (χ1v) is 3.78. The van der Waals surface area contributed by atoms with E-state index >= 15 is 0 Å². The Kier molecular flexibility index (Phi) is 2.87. The molecule has 0 aliphatic carbocycles. The fourth-order valence-corrected chi connectivity index (χ4v) is 0.947. The molecule has 0 saturated heterocycles. The van der Waals surface area contributed by atoms with Gasteiger partial charge in [-0.2, -0.15) is 5.26 Å². The van der Waals surface area contributed by atoms with Crippen molar-refractivity contribution in [3.8, 4) is 11.8 Å². The van der Waals surface area contributed by atoms with E-state index in [-0.39, 0.29) is 11.3 Å². The number of phenols is 1. The molecule has 1 rings (SSSR count). The smallest absolute Gasteiger partial charge is 0.328 e. The van der Waals surface area contributed by atoms with E-state index in [1.54, 1.807) is 12.1 Å². The van der Waals surface area contributed by atoms with Crippen LogP contribution in [0.2, 0.25) is 0 Å². The van der Waals surface area contributed by atoms with Crippen molar-refractivity contribution >= 4 is 12.0 Å². The second kappa shape index (κ2) is 4.10.